The molecule has 0 spiro atoms. The third kappa shape index (κ3) is 21.4. The molecule has 1 unspecified atom stereocenters. The molecule has 0 aromatic heterocycles. The Bertz CT molecular complexity index is 2580. The van der Waals surface area contributed by atoms with Gasteiger partial charge in [0.2, 0.25) is 23.6 Å². The highest BCUT2D eigenvalue weighted by atomic mass is 16.6. The van der Waals surface area contributed by atoms with E-state index in [9.17, 15) is 33.6 Å². The van der Waals surface area contributed by atoms with Gasteiger partial charge in [0.25, 0.3) is 0 Å². The highest BCUT2D eigenvalue weighted by Gasteiger charge is 2.40. The maximum atomic E-state index is 15.0. The Kier molecular flexibility index (Phi) is 26.1. The molecule has 0 fully saturated rings. The molecular weight excluding hydrogens is 1020 g/mol. The topological polar surface area (TPSA) is 203 Å². The lowest BCUT2D eigenvalue weighted by Crippen LogP contribution is -2.50. The van der Waals surface area contributed by atoms with Crippen LogP contribution >= 0.6 is 0 Å². The summed E-state index contributed by atoms with van der Waals surface area (Å²) >= 11 is 0. The third-order valence-electron chi connectivity index (χ3n) is 14.6. The van der Waals surface area contributed by atoms with Gasteiger partial charge in [-0.25, -0.2) is 0 Å². The minimum absolute atomic E-state index is 0.0291. The lowest BCUT2D eigenvalue weighted by Gasteiger charge is -2.37. The predicted octanol–water partition coefficient (Wildman–Crippen LogP) is 10.4. The predicted molar refractivity (Wildman–Crippen MR) is 317 cm³/mol. The van der Waals surface area contributed by atoms with E-state index in [1.54, 1.807) is 45.9 Å². The molecule has 0 aliphatic carbocycles. The zero-order valence-corrected chi connectivity index (χ0v) is 49.8. The number of Topliss-reactive ketones (excluding diaryl/α,β-unsaturated/α-hetero) is 3. The molecule has 0 aliphatic rings. The van der Waals surface area contributed by atoms with E-state index in [1.807, 2.05) is 158 Å². The fraction of sp³-hybridized carbons (Fsp3) is 0.493. The summed E-state index contributed by atoms with van der Waals surface area (Å²) in [5, 5.41) is 12.1. The fourth-order valence-corrected chi connectivity index (χ4v) is 9.67. The van der Waals surface area contributed by atoms with Crippen molar-refractivity contribution in [2.75, 3.05) is 13.2 Å². The van der Waals surface area contributed by atoms with Gasteiger partial charge in [-0.1, -0.05) is 168 Å². The van der Waals surface area contributed by atoms with Crippen LogP contribution < -0.4 is 21.3 Å². The Balaban J connectivity index is 1.72. The first-order chi connectivity index (χ1) is 38.3. The summed E-state index contributed by atoms with van der Waals surface area (Å²) in [4.78, 5) is 115. The monoisotopic (exact) mass is 1110 g/mol. The number of rotatable bonds is 33. The average Bonchev–Trinajstić information content (AvgIpc) is 3.60. The molecule has 14 nitrogen and oxygen atoms in total. The second kappa shape index (κ2) is 31.8. The molecule has 4 aromatic rings. The van der Waals surface area contributed by atoms with Gasteiger partial charge in [-0.3, -0.25) is 38.4 Å². The van der Waals surface area contributed by atoms with Crippen molar-refractivity contribution in [3.63, 3.8) is 0 Å². The van der Waals surface area contributed by atoms with E-state index in [4.69, 9.17) is 9.47 Å². The number of hydrogen-bond acceptors (Lipinski definition) is 10. The molecule has 81 heavy (non-hydrogen) atoms. The minimum Gasteiger partial charge on any atom is -0.460 e. The summed E-state index contributed by atoms with van der Waals surface area (Å²) in [7, 11) is 0. The molecular formula is C67H90N4O10. The van der Waals surface area contributed by atoms with E-state index in [1.165, 1.54) is 0 Å². The van der Waals surface area contributed by atoms with Crippen molar-refractivity contribution in [3.05, 3.63) is 156 Å². The van der Waals surface area contributed by atoms with Crippen LogP contribution in [0.4, 0.5) is 0 Å². The molecule has 0 aliphatic heterocycles. The summed E-state index contributed by atoms with van der Waals surface area (Å²) in [5.41, 5.74) is 0.542. The summed E-state index contributed by atoms with van der Waals surface area (Å²) in [6.45, 7) is 24.0. The van der Waals surface area contributed by atoms with Gasteiger partial charge in [0.05, 0.1) is 36.6 Å². The number of carbonyl (C=O) groups excluding carboxylic acids is 8. The normalized spacial score (nSPS) is 14.4. The molecule has 0 saturated carbocycles. The largest absolute Gasteiger partial charge is 0.460 e. The average molecular weight is 1110 g/mol. The third-order valence-corrected chi connectivity index (χ3v) is 14.6. The standard InChI is InChI=1S/C67H90N4O10/c1-13-15-38-68-63(78)53(45(3)4)42-58(73)55(36-37-60(75)71-67(50-30-22-17-23-31-50,51-32-24-18-25-33-51)52-34-26-19-27-35-52)69-64(79)54(46(5)14-2)43-59(74)56(39-48-28-20-16-21-29-48)70-62(77)49(41-61(76)81-66(10,11)12)40-57(72)47(6)44-80-65(7,8)9/h13,16-35,45-47,49,53-56H,1,14-15,36-44H2,2-12H3,(H,68,78)(H,69,79)(H,70,77)(H,71,75)/t46?,47-,49-,53-,54-,55-,56-/m0/s1. The molecule has 0 radical (unpaired) electrons. The molecule has 7 atom stereocenters. The van der Waals surface area contributed by atoms with Gasteiger partial charge >= 0.3 is 5.97 Å². The Morgan fingerprint density at radius 3 is 1.56 bits per heavy atom. The van der Waals surface area contributed by atoms with Crippen molar-refractivity contribution >= 4 is 46.9 Å². The maximum Gasteiger partial charge on any atom is 0.307 e. The van der Waals surface area contributed by atoms with E-state index in [0.717, 1.165) is 16.7 Å². The molecule has 4 N–H and O–H groups in total. The zero-order chi connectivity index (χ0) is 59.9. The van der Waals surface area contributed by atoms with Gasteiger partial charge < -0.3 is 30.7 Å². The van der Waals surface area contributed by atoms with Crippen LogP contribution in [0.5, 0.6) is 0 Å². The molecule has 0 saturated heterocycles. The first-order valence-corrected chi connectivity index (χ1v) is 28.7. The minimum atomic E-state index is -1.26. The number of ether oxygens (including phenoxy) is 2. The highest BCUT2D eigenvalue weighted by Crippen LogP contribution is 2.37. The Morgan fingerprint density at radius 1 is 0.580 bits per heavy atom. The first-order valence-electron chi connectivity index (χ1n) is 28.7. The number of carbonyl (C=O) groups is 8. The smallest absolute Gasteiger partial charge is 0.307 e. The van der Waals surface area contributed by atoms with E-state index in [-0.39, 0.29) is 62.7 Å². The van der Waals surface area contributed by atoms with Gasteiger partial charge in [0.1, 0.15) is 16.9 Å². The second-order valence-corrected chi connectivity index (χ2v) is 23.8. The number of benzene rings is 4. The van der Waals surface area contributed by atoms with Gasteiger partial charge in [0.15, 0.2) is 11.6 Å². The summed E-state index contributed by atoms with van der Waals surface area (Å²) in [6.07, 6.45) is 1.00. The molecule has 0 heterocycles. The van der Waals surface area contributed by atoms with E-state index >= 15 is 4.79 Å². The van der Waals surface area contributed by atoms with Crippen LogP contribution in [0.1, 0.15) is 150 Å². The molecule has 438 valence electrons. The van der Waals surface area contributed by atoms with Crippen LogP contribution in [-0.2, 0) is 59.8 Å². The molecule has 4 rings (SSSR count). The molecule has 4 amide bonds. The van der Waals surface area contributed by atoms with E-state index < -0.39 is 100 Å². The Morgan fingerprint density at radius 2 is 1.07 bits per heavy atom. The van der Waals surface area contributed by atoms with Crippen molar-refractivity contribution in [1.82, 2.24) is 21.3 Å². The lowest BCUT2D eigenvalue weighted by molar-refractivity contribution is -0.157. The van der Waals surface area contributed by atoms with Crippen molar-refractivity contribution in [1.29, 1.82) is 0 Å². The summed E-state index contributed by atoms with van der Waals surface area (Å²) in [6, 6.07) is 35.4. The van der Waals surface area contributed by atoms with Crippen LogP contribution in [0.15, 0.2) is 134 Å². The number of nitrogens with one attached hydrogen (secondary N) is 4. The van der Waals surface area contributed by atoms with Crippen molar-refractivity contribution < 1.29 is 47.8 Å². The lowest BCUT2D eigenvalue weighted by atomic mass is 9.77. The van der Waals surface area contributed by atoms with E-state index in [2.05, 4.69) is 27.8 Å². The van der Waals surface area contributed by atoms with E-state index in [0.29, 0.717) is 24.9 Å². The summed E-state index contributed by atoms with van der Waals surface area (Å²) in [5.74, 6) is -8.26. The number of hydrogen-bond donors (Lipinski definition) is 4. The maximum absolute atomic E-state index is 15.0. The summed E-state index contributed by atoms with van der Waals surface area (Å²) < 4.78 is 11.5. The van der Waals surface area contributed by atoms with Crippen LogP contribution in [0.25, 0.3) is 0 Å². The number of esters is 1. The van der Waals surface area contributed by atoms with Crippen molar-refractivity contribution in [2.45, 2.75) is 163 Å². The number of amides is 4. The van der Waals surface area contributed by atoms with Crippen LogP contribution in [0.2, 0.25) is 0 Å². The fourth-order valence-electron chi connectivity index (χ4n) is 9.67. The van der Waals surface area contributed by atoms with Crippen LogP contribution in [0.3, 0.4) is 0 Å². The zero-order valence-electron chi connectivity index (χ0n) is 49.8. The van der Waals surface area contributed by atoms with Gasteiger partial charge in [-0.05, 0) is 94.9 Å². The SMILES string of the molecule is C=CCCNC(=O)[C@@H](CC(=O)[C@H](CCC(=O)NC(c1ccccc1)(c1ccccc1)c1ccccc1)NC(=O)[C@@H](CC(=O)[C@H](Cc1ccccc1)NC(=O)[C@H](CC(=O)OC(C)(C)C)CC(=O)[C@@H](C)COC(C)(C)C)C(C)CC)C(C)C. The quantitative estimate of drug-likeness (QED) is 0.0154. The second-order valence-electron chi connectivity index (χ2n) is 23.8. The van der Waals surface area contributed by atoms with Crippen molar-refractivity contribution in [2.24, 2.45) is 35.5 Å². The number of ketones is 3. The van der Waals surface area contributed by atoms with Crippen LogP contribution in [0, 0.1) is 35.5 Å². The van der Waals surface area contributed by atoms with Crippen LogP contribution in [-0.4, -0.2) is 83.4 Å². The Hall–Kier alpha value is -7.06. The Labute approximate surface area is 481 Å². The van der Waals surface area contributed by atoms with Gasteiger partial charge in [-0.2, -0.15) is 0 Å². The molecule has 4 aromatic carbocycles. The van der Waals surface area contributed by atoms with Gasteiger partial charge in [0, 0.05) is 50.0 Å². The highest BCUT2D eigenvalue weighted by molar-refractivity contribution is 5.97. The molecule has 14 heteroatoms. The molecule has 0 bridgehead atoms. The van der Waals surface area contributed by atoms with Crippen molar-refractivity contribution in [3.8, 4) is 0 Å². The first kappa shape index (κ1) is 66.5. The van der Waals surface area contributed by atoms with Gasteiger partial charge in [-0.15, -0.1) is 6.58 Å².